The molecule has 0 aromatic heterocycles. The van der Waals surface area contributed by atoms with Crippen molar-refractivity contribution in [1.82, 2.24) is 4.90 Å². The van der Waals surface area contributed by atoms with Crippen LogP contribution in [-0.4, -0.2) is 62.2 Å². The molecule has 4 heteroatoms. The molecular formula is C13H27NO3. The second-order valence-electron chi connectivity index (χ2n) is 4.97. The third kappa shape index (κ3) is 6.99. The van der Waals surface area contributed by atoms with Gasteiger partial charge in [-0.3, -0.25) is 0 Å². The van der Waals surface area contributed by atoms with Gasteiger partial charge in [-0.25, -0.2) is 0 Å². The van der Waals surface area contributed by atoms with Gasteiger partial charge in [-0.2, -0.15) is 0 Å². The van der Waals surface area contributed by atoms with Crippen molar-refractivity contribution in [3.8, 4) is 0 Å². The number of rotatable bonds is 7. The first-order chi connectivity index (χ1) is 8.22. The molecule has 2 unspecified atom stereocenters. The highest BCUT2D eigenvalue weighted by molar-refractivity contribution is 4.68. The van der Waals surface area contributed by atoms with E-state index >= 15 is 0 Å². The predicted molar refractivity (Wildman–Crippen MR) is 68.2 cm³/mol. The minimum Gasteiger partial charge on any atom is -0.389 e. The molecule has 0 amide bonds. The van der Waals surface area contributed by atoms with Crippen molar-refractivity contribution in [2.75, 3.05) is 40.0 Å². The smallest absolute Gasteiger partial charge is 0.0900 e. The number of methoxy groups -OCH3 is 1. The topological polar surface area (TPSA) is 41.9 Å². The van der Waals surface area contributed by atoms with Crippen LogP contribution in [0.4, 0.5) is 0 Å². The van der Waals surface area contributed by atoms with Gasteiger partial charge >= 0.3 is 0 Å². The second kappa shape index (κ2) is 8.86. The minimum atomic E-state index is -0.382. The van der Waals surface area contributed by atoms with Crippen molar-refractivity contribution < 1.29 is 14.6 Å². The maximum Gasteiger partial charge on any atom is 0.0900 e. The molecule has 0 radical (unpaired) electrons. The molecule has 0 saturated carbocycles. The summed E-state index contributed by atoms with van der Waals surface area (Å²) in [6.45, 7) is 5.91. The highest BCUT2D eigenvalue weighted by Crippen LogP contribution is 2.10. The number of aliphatic hydroxyl groups is 1. The molecule has 0 bridgehead atoms. The van der Waals surface area contributed by atoms with E-state index < -0.39 is 0 Å². The molecule has 1 N–H and O–H groups in total. The van der Waals surface area contributed by atoms with Crippen LogP contribution in [0.1, 0.15) is 32.6 Å². The van der Waals surface area contributed by atoms with Gasteiger partial charge in [0.25, 0.3) is 0 Å². The van der Waals surface area contributed by atoms with Gasteiger partial charge in [-0.1, -0.05) is 12.8 Å². The molecule has 1 heterocycles. The van der Waals surface area contributed by atoms with Crippen molar-refractivity contribution >= 4 is 0 Å². The molecule has 2 atom stereocenters. The molecule has 0 spiro atoms. The third-order valence-corrected chi connectivity index (χ3v) is 3.14. The Labute approximate surface area is 105 Å². The largest absolute Gasteiger partial charge is 0.389 e. The lowest BCUT2D eigenvalue weighted by Gasteiger charge is -2.24. The van der Waals surface area contributed by atoms with Crippen LogP contribution in [0.5, 0.6) is 0 Å². The van der Waals surface area contributed by atoms with E-state index in [-0.39, 0.29) is 12.2 Å². The summed E-state index contributed by atoms with van der Waals surface area (Å²) in [4.78, 5) is 2.35. The number of ether oxygens (including phenoxy) is 2. The quantitative estimate of drug-likeness (QED) is 0.733. The number of likely N-dealkylation sites (tertiary alicyclic amines) is 1. The first-order valence-electron chi connectivity index (χ1n) is 6.73. The van der Waals surface area contributed by atoms with E-state index in [0.717, 1.165) is 19.6 Å². The van der Waals surface area contributed by atoms with E-state index in [4.69, 9.17) is 9.47 Å². The molecule has 102 valence electrons. The molecule has 1 fully saturated rings. The van der Waals surface area contributed by atoms with Gasteiger partial charge in [0.1, 0.15) is 0 Å². The molecule has 17 heavy (non-hydrogen) atoms. The van der Waals surface area contributed by atoms with Gasteiger partial charge in [-0.05, 0) is 32.9 Å². The van der Waals surface area contributed by atoms with Gasteiger partial charge in [0.05, 0.1) is 25.4 Å². The highest BCUT2D eigenvalue weighted by Gasteiger charge is 2.14. The normalized spacial score (nSPS) is 22.1. The maximum absolute atomic E-state index is 9.90. The molecular weight excluding hydrogens is 218 g/mol. The Bertz CT molecular complexity index is 182. The Kier molecular flexibility index (Phi) is 7.77. The van der Waals surface area contributed by atoms with Crippen LogP contribution in [-0.2, 0) is 9.47 Å². The average Bonchev–Trinajstić information content (AvgIpc) is 2.55. The van der Waals surface area contributed by atoms with Crippen molar-refractivity contribution in [2.24, 2.45) is 0 Å². The van der Waals surface area contributed by atoms with Gasteiger partial charge < -0.3 is 19.5 Å². The molecule has 0 aromatic carbocycles. The van der Waals surface area contributed by atoms with Gasteiger partial charge in [0, 0.05) is 13.7 Å². The zero-order valence-corrected chi connectivity index (χ0v) is 11.2. The monoisotopic (exact) mass is 245 g/mol. The minimum absolute atomic E-state index is 0.0544. The van der Waals surface area contributed by atoms with Crippen LogP contribution in [0.2, 0.25) is 0 Å². The van der Waals surface area contributed by atoms with E-state index in [1.165, 1.54) is 25.7 Å². The Morgan fingerprint density at radius 1 is 1.12 bits per heavy atom. The van der Waals surface area contributed by atoms with E-state index in [9.17, 15) is 5.11 Å². The van der Waals surface area contributed by atoms with Gasteiger partial charge in [-0.15, -0.1) is 0 Å². The van der Waals surface area contributed by atoms with Gasteiger partial charge in [0.15, 0.2) is 0 Å². The Balaban J connectivity index is 2.12. The fraction of sp³-hybridized carbons (Fsp3) is 1.00. The SMILES string of the molecule is COCC(C)OCC(O)CN1CCCCCC1. The zero-order valence-electron chi connectivity index (χ0n) is 11.2. The number of hydrogen-bond donors (Lipinski definition) is 1. The lowest BCUT2D eigenvalue weighted by molar-refractivity contribution is -0.0394. The third-order valence-electron chi connectivity index (χ3n) is 3.14. The summed E-state index contributed by atoms with van der Waals surface area (Å²) in [5.74, 6) is 0. The first-order valence-corrected chi connectivity index (χ1v) is 6.73. The highest BCUT2D eigenvalue weighted by atomic mass is 16.5. The Morgan fingerprint density at radius 2 is 1.76 bits per heavy atom. The molecule has 1 aliphatic rings. The summed E-state index contributed by atoms with van der Waals surface area (Å²) in [5.41, 5.74) is 0. The first kappa shape index (κ1) is 14.9. The van der Waals surface area contributed by atoms with Crippen molar-refractivity contribution in [1.29, 1.82) is 0 Å². The van der Waals surface area contributed by atoms with Crippen LogP contribution in [0.15, 0.2) is 0 Å². The van der Waals surface area contributed by atoms with Crippen LogP contribution < -0.4 is 0 Å². The van der Waals surface area contributed by atoms with Crippen molar-refractivity contribution in [3.05, 3.63) is 0 Å². The zero-order chi connectivity index (χ0) is 12.5. The van der Waals surface area contributed by atoms with E-state index in [0.29, 0.717) is 13.2 Å². The molecule has 0 aromatic rings. The van der Waals surface area contributed by atoms with Crippen molar-refractivity contribution in [2.45, 2.75) is 44.8 Å². The van der Waals surface area contributed by atoms with Gasteiger partial charge in [0.2, 0.25) is 0 Å². The Hall–Kier alpha value is -0.160. The van der Waals surface area contributed by atoms with Crippen LogP contribution in [0.3, 0.4) is 0 Å². The van der Waals surface area contributed by atoms with Crippen molar-refractivity contribution in [3.63, 3.8) is 0 Å². The van der Waals surface area contributed by atoms with Crippen LogP contribution >= 0.6 is 0 Å². The number of aliphatic hydroxyl groups excluding tert-OH is 1. The number of β-amino-alcohol motifs (C(OH)–C–C–N with tert-alkyl or cyclic N) is 1. The summed E-state index contributed by atoms with van der Waals surface area (Å²) in [6, 6.07) is 0. The molecule has 0 aliphatic carbocycles. The molecule has 4 nitrogen and oxygen atoms in total. The standard InChI is InChI=1S/C13H27NO3/c1-12(10-16-2)17-11-13(15)9-14-7-5-3-4-6-8-14/h12-13,15H,3-11H2,1-2H3. The summed E-state index contributed by atoms with van der Waals surface area (Å²) < 4.78 is 10.5. The average molecular weight is 245 g/mol. The summed E-state index contributed by atoms with van der Waals surface area (Å²) in [6.07, 6.45) is 4.84. The van der Waals surface area contributed by atoms with E-state index in [2.05, 4.69) is 4.90 Å². The van der Waals surface area contributed by atoms with E-state index in [1.54, 1.807) is 7.11 Å². The fourth-order valence-electron chi connectivity index (χ4n) is 2.23. The summed E-state index contributed by atoms with van der Waals surface area (Å²) in [5, 5.41) is 9.90. The van der Waals surface area contributed by atoms with Crippen LogP contribution in [0, 0.1) is 0 Å². The summed E-state index contributed by atoms with van der Waals surface area (Å²) >= 11 is 0. The lowest BCUT2D eigenvalue weighted by atomic mass is 10.2. The van der Waals surface area contributed by atoms with Crippen LogP contribution in [0.25, 0.3) is 0 Å². The molecule has 1 aliphatic heterocycles. The predicted octanol–water partition coefficient (Wildman–Crippen LogP) is 1.27. The maximum atomic E-state index is 9.90. The summed E-state index contributed by atoms with van der Waals surface area (Å²) in [7, 11) is 1.66. The fourth-order valence-corrected chi connectivity index (χ4v) is 2.23. The van der Waals surface area contributed by atoms with E-state index in [1.807, 2.05) is 6.92 Å². The molecule has 1 saturated heterocycles. The Morgan fingerprint density at radius 3 is 2.35 bits per heavy atom. The lowest BCUT2D eigenvalue weighted by Crippen LogP contribution is -2.36. The molecule has 1 rings (SSSR count). The second-order valence-corrected chi connectivity index (χ2v) is 4.97. The number of hydrogen-bond acceptors (Lipinski definition) is 4. The number of nitrogens with zero attached hydrogens (tertiary/aromatic N) is 1.